The highest BCUT2D eigenvalue weighted by Gasteiger charge is 2.29. The first-order chi connectivity index (χ1) is 9.29. The van der Waals surface area contributed by atoms with Crippen LogP contribution >= 0.6 is 0 Å². The van der Waals surface area contributed by atoms with Gasteiger partial charge in [0.15, 0.2) is 0 Å². The molecule has 1 aromatic carbocycles. The zero-order chi connectivity index (χ0) is 15.2. The van der Waals surface area contributed by atoms with Crippen molar-refractivity contribution >= 4 is 0 Å². The van der Waals surface area contributed by atoms with Gasteiger partial charge in [0.05, 0.1) is 5.56 Å². The van der Waals surface area contributed by atoms with Gasteiger partial charge in [0.25, 0.3) is 0 Å². The van der Waals surface area contributed by atoms with E-state index in [2.05, 4.69) is 32.9 Å². The minimum absolute atomic E-state index is 0.592. The summed E-state index contributed by atoms with van der Waals surface area (Å²) in [5, 5.41) is 0. The normalized spacial score (nSPS) is 12.4. The molecule has 0 saturated heterocycles. The van der Waals surface area contributed by atoms with Crippen LogP contribution in [-0.4, -0.2) is 0 Å². The third-order valence-electron chi connectivity index (χ3n) is 3.06. The molecule has 0 fully saturated rings. The van der Waals surface area contributed by atoms with E-state index in [1.807, 2.05) is 0 Å². The van der Waals surface area contributed by atoms with E-state index in [-0.39, 0.29) is 0 Å². The molecule has 1 rings (SSSR count). The lowest BCUT2D eigenvalue weighted by molar-refractivity contribution is -0.137. The Hall–Kier alpha value is -1.51. The van der Waals surface area contributed by atoms with Gasteiger partial charge in [0.1, 0.15) is 0 Å². The third kappa shape index (κ3) is 6.09. The Labute approximate surface area is 119 Å². The largest absolute Gasteiger partial charge is 0.416 e. The Morgan fingerprint density at radius 2 is 1.60 bits per heavy atom. The molecule has 0 heterocycles. The van der Waals surface area contributed by atoms with Crippen LogP contribution in [0.1, 0.15) is 44.7 Å². The highest BCUT2D eigenvalue weighted by molar-refractivity contribution is 5.26. The zero-order valence-electron chi connectivity index (χ0n) is 12.2. The maximum absolute atomic E-state index is 12.4. The molecule has 0 aliphatic carbocycles. The first kappa shape index (κ1) is 16.5. The summed E-state index contributed by atoms with van der Waals surface area (Å²) in [5.74, 6) is 0. The molecule has 0 aliphatic heterocycles. The first-order valence-corrected chi connectivity index (χ1v) is 6.74. The van der Waals surface area contributed by atoms with Crippen LogP contribution in [0.25, 0.3) is 0 Å². The average molecular weight is 282 g/mol. The molecular weight excluding hydrogens is 261 g/mol. The van der Waals surface area contributed by atoms with E-state index in [4.69, 9.17) is 0 Å². The summed E-state index contributed by atoms with van der Waals surface area (Å²) < 4.78 is 37.3. The molecule has 0 radical (unpaired) electrons. The highest BCUT2D eigenvalue weighted by atomic mass is 19.4. The minimum Gasteiger partial charge on any atom is -0.166 e. The summed E-state index contributed by atoms with van der Waals surface area (Å²) in [6, 6.07) is 5.37. The Morgan fingerprint density at radius 3 is 2.10 bits per heavy atom. The standard InChI is InChI=1S/C17H21F3/c1-13(2)5-4-6-14(3)7-8-15-9-11-16(12-10-15)17(18,19)20/h5,7,9-12H,4,6,8H2,1-3H3/b14-7+. The quantitative estimate of drug-likeness (QED) is 0.586. The molecule has 20 heavy (non-hydrogen) atoms. The van der Waals surface area contributed by atoms with Gasteiger partial charge in [-0.1, -0.05) is 35.4 Å². The summed E-state index contributed by atoms with van der Waals surface area (Å²) in [4.78, 5) is 0. The lowest BCUT2D eigenvalue weighted by Gasteiger charge is -2.07. The van der Waals surface area contributed by atoms with Crippen LogP contribution in [0.2, 0.25) is 0 Å². The van der Waals surface area contributed by atoms with E-state index in [0.29, 0.717) is 6.42 Å². The minimum atomic E-state index is -4.26. The van der Waals surface area contributed by atoms with Crippen LogP contribution in [0.15, 0.2) is 47.6 Å². The molecule has 0 unspecified atom stereocenters. The van der Waals surface area contributed by atoms with Crippen molar-refractivity contribution in [2.45, 2.75) is 46.2 Å². The number of benzene rings is 1. The van der Waals surface area contributed by atoms with Crippen LogP contribution in [0.3, 0.4) is 0 Å². The number of hydrogen-bond donors (Lipinski definition) is 0. The predicted octanol–water partition coefficient (Wildman–Crippen LogP) is 5.94. The number of hydrogen-bond acceptors (Lipinski definition) is 0. The van der Waals surface area contributed by atoms with Crippen molar-refractivity contribution in [3.05, 3.63) is 58.7 Å². The number of alkyl halides is 3. The summed E-state index contributed by atoms with van der Waals surface area (Å²) >= 11 is 0. The fraction of sp³-hybridized carbons (Fsp3) is 0.412. The molecule has 110 valence electrons. The molecule has 0 spiro atoms. The molecule has 0 N–H and O–H groups in total. The highest BCUT2D eigenvalue weighted by Crippen LogP contribution is 2.29. The van der Waals surface area contributed by atoms with Crippen LogP contribution in [-0.2, 0) is 12.6 Å². The van der Waals surface area contributed by atoms with E-state index >= 15 is 0 Å². The molecule has 1 aromatic rings. The maximum atomic E-state index is 12.4. The Balaban J connectivity index is 2.55. The molecular formula is C17H21F3. The summed E-state index contributed by atoms with van der Waals surface area (Å²) in [6.07, 6.45) is 2.70. The summed E-state index contributed by atoms with van der Waals surface area (Å²) in [6.45, 7) is 6.20. The Kier molecular flexibility index (Phi) is 6.05. The molecule has 0 saturated carbocycles. The molecule has 0 amide bonds. The van der Waals surface area contributed by atoms with E-state index in [1.54, 1.807) is 12.1 Å². The molecule has 3 heteroatoms. The lowest BCUT2D eigenvalue weighted by atomic mass is 10.0. The topological polar surface area (TPSA) is 0 Å². The molecule has 0 nitrogen and oxygen atoms in total. The van der Waals surface area contributed by atoms with Crippen LogP contribution in [0.4, 0.5) is 13.2 Å². The van der Waals surface area contributed by atoms with Gasteiger partial charge in [-0.05, 0) is 57.7 Å². The van der Waals surface area contributed by atoms with Crippen LogP contribution in [0, 0.1) is 0 Å². The van der Waals surface area contributed by atoms with Gasteiger partial charge >= 0.3 is 6.18 Å². The van der Waals surface area contributed by atoms with Crippen molar-refractivity contribution in [3.63, 3.8) is 0 Å². The fourth-order valence-corrected chi connectivity index (χ4v) is 1.81. The van der Waals surface area contributed by atoms with E-state index < -0.39 is 11.7 Å². The van der Waals surface area contributed by atoms with Crippen molar-refractivity contribution in [3.8, 4) is 0 Å². The number of rotatable bonds is 5. The second-order valence-corrected chi connectivity index (χ2v) is 5.27. The zero-order valence-corrected chi connectivity index (χ0v) is 12.2. The van der Waals surface area contributed by atoms with Gasteiger partial charge in [0, 0.05) is 0 Å². The van der Waals surface area contributed by atoms with Crippen molar-refractivity contribution in [2.75, 3.05) is 0 Å². The van der Waals surface area contributed by atoms with Crippen LogP contribution in [0.5, 0.6) is 0 Å². The predicted molar refractivity (Wildman–Crippen MR) is 77.6 cm³/mol. The lowest BCUT2D eigenvalue weighted by Crippen LogP contribution is -2.04. The average Bonchev–Trinajstić information content (AvgIpc) is 2.35. The molecule has 0 atom stereocenters. The SMILES string of the molecule is CC(C)=CCC/C(C)=C/Cc1ccc(C(F)(F)F)cc1. The number of allylic oxidation sites excluding steroid dienone is 4. The van der Waals surface area contributed by atoms with Crippen molar-refractivity contribution in [2.24, 2.45) is 0 Å². The summed E-state index contributed by atoms with van der Waals surface area (Å²) in [7, 11) is 0. The van der Waals surface area contributed by atoms with Gasteiger partial charge in [-0.25, -0.2) is 0 Å². The van der Waals surface area contributed by atoms with E-state index in [0.717, 1.165) is 30.5 Å². The van der Waals surface area contributed by atoms with Crippen molar-refractivity contribution in [1.82, 2.24) is 0 Å². The van der Waals surface area contributed by atoms with Gasteiger partial charge < -0.3 is 0 Å². The molecule has 0 bridgehead atoms. The molecule has 0 aromatic heterocycles. The van der Waals surface area contributed by atoms with Gasteiger partial charge in [-0.15, -0.1) is 0 Å². The molecule has 0 aliphatic rings. The van der Waals surface area contributed by atoms with Crippen LogP contribution < -0.4 is 0 Å². The van der Waals surface area contributed by atoms with Crippen molar-refractivity contribution < 1.29 is 13.2 Å². The monoisotopic (exact) mass is 282 g/mol. The van der Waals surface area contributed by atoms with Gasteiger partial charge in [-0.3, -0.25) is 0 Å². The van der Waals surface area contributed by atoms with E-state index in [1.165, 1.54) is 11.1 Å². The summed E-state index contributed by atoms with van der Waals surface area (Å²) in [5.41, 5.74) is 2.88. The second-order valence-electron chi connectivity index (χ2n) is 5.27. The number of halogens is 3. The smallest absolute Gasteiger partial charge is 0.166 e. The Bertz CT molecular complexity index is 472. The first-order valence-electron chi connectivity index (χ1n) is 6.74. The fourth-order valence-electron chi connectivity index (χ4n) is 1.81. The third-order valence-corrected chi connectivity index (χ3v) is 3.06. The van der Waals surface area contributed by atoms with Crippen molar-refractivity contribution in [1.29, 1.82) is 0 Å². The van der Waals surface area contributed by atoms with E-state index in [9.17, 15) is 13.2 Å². The Morgan fingerprint density at radius 1 is 1.00 bits per heavy atom. The maximum Gasteiger partial charge on any atom is 0.416 e. The van der Waals surface area contributed by atoms with Gasteiger partial charge in [-0.2, -0.15) is 13.2 Å². The second kappa shape index (κ2) is 7.32. The van der Waals surface area contributed by atoms with Gasteiger partial charge in [0.2, 0.25) is 0 Å².